The zero-order valence-electron chi connectivity index (χ0n) is 8.44. The van der Waals surface area contributed by atoms with Crippen molar-refractivity contribution >= 4 is 11.8 Å². The molecule has 1 atom stereocenters. The van der Waals surface area contributed by atoms with Crippen molar-refractivity contribution in [1.29, 1.82) is 0 Å². The highest BCUT2D eigenvalue weighted by atomic mass is 32.2. The maximum absolute atomic E-state index is 8.62. The molecule has 14 heavy (non-hydrogen) atoms. The molecular formula is C11H17NOS. The number of hydrogen-bond donors (Lipinski definition) is 2. The minimum absolute atomic E-state index is 0.0761. The average Bonchev–Trinajstić information content (AvgIpc) is 2.19. The standard InChI is InChI=1S/C11H17NOS/c1-9-2-4-10(5-3-9)11(12)8-14-7-6-13/h2-5,11,13H,6-8,12H2,1H3. The third-order valence-corrected chi connectivity index (χ3v) is 3.10. The largest absolute Gasteiger partial charge is 0.396 e. The number of aryl methyl sites for hydroxylation is 1. The lowest BCUT2D eigenvalue weighted by atomic mass is 10.1. The summed E-state index contributed by atoms with van der Waals surface area (Å²) in [6.45, 7) is 2.29. The molecule has 0 bridgehead atoms. The third kappa shape index (κ3) is 3.70. The van der Waals surface area contributed by atoms with E-state index in [1.165, 1.54) is 11.1 Å². The van der Waals surface area contributed by atoms with Gasteiger partial charge in [0, 0.05) is 17.5 Å². The number of hydrogen-bond acceptors (Lipinski definition) is 3. The summed E-state index contributed by atoms with van der Waals surface area (Å²) in [6, 6.07) is 8.36. The van der Waals surface area contributed by atoms with E-state index >= 15 is 0 Å². The van der Waals surface area contributed by atoms with Crippen LogP contribution in [0.25, 0.3) is 0 Å². The summed E-state index contributed by atoms with van der Waals surface area (Å²) in [6.07, 6.45) is 0. The predicted octanol–water partition coefficient (Wildman–Crippen LogP) is 1.72. The summed E-state index contributed by atoms with van der Waals surface area (Å²) in [5.74, 6) is 1.63. The van der Waals surface area contributed by atoms with E-state index in [9.17, 15) is 0 Å². The highest BCUT2D eigenvalue weighted by molar-refractivity contribution is 7.99. The Morgan fingerprint density at radius 1 is 1.36 bits per heavy atom. The highest BCUT2D eigenvalue weighted by Crippen LogP contribution is 2.16. The number of aliphatic hydroxyl groups excluding tert-OH is 1. The van der Waals surface area contributed by atoms with Crippen LogP contribution in [0.5, 0.6) is 0 Å². The SMILES string of the molecule is Cc1ccc(C(N)CSCCO)cc1. The van der Waals surface area contributed by atoms with Crippen molar-refractivity contribution in [2.75, 3.05) is 18.1 Å². The first-order valence-corrected chi connectivity index (χ1v) is 5.90. The summed E-state index contributed by atoms with van der Waals surface area (Å²) in [7, 11) is 0. The van der Waals surface area contributed by atoms with E-state index in [2.05, 4.69) is 31.2 Å². The van der Waals surface area contributed by atoms with Gasteiger partial charge in [-0.05, 0) is 12.5 Å². The molecular weight excluding hydrogens is 194 g/mol. The van der Waals surface area contributed by atoms with Gasteiger partial charge in [-0.3, -0.25) is 0 Å². The monoisotopic (exact) mass is 211 g/mol. The van der Waals surface area contributed by atoms with E-state index in [0.29, 0.717) is 0 Å². The Hall–Kier alpha value is -0.510. The van der Waals surface area contributed by atoms with Gasteiger partial charge in [0.05, 0.1) is 6.61 Å². The summed E-state index contributed by atoms with van der Waals surface area (Å²) in [4.78, 5) is 0. The minimum atomic E-state index is 0.0761. The van der Waals surface area contributed by atoms with Crippen LogP contribution in [0, 0.1) is 6.92 Å². The molecule has 0 aromatic heterocycles. The molecule has 0 aliphatic rings. The summed E-state index contributed by atoms with van der Waals surface area (Å²) in [5.41, 5.74) is 8.40. The molecule has 0 heterocycles. The van der Waals surface area contributed by atoms with Crippen LogP contribution in [-0.2, 0) is 0 Å². The molecule has 0 saturated carbocycles. The minimum Gasteiger partial charge on any atom is -0.396 e. The van der Waals surface area contributed by atoms with Gasteiger partial charge in [-0.1, -0.05) is 29.8 Å². The van der Waals surface area contributed by atoms with Crippen molar-refractivity contribution in [2.45, 2.75) is 13.0 Å². The number of benzene rings is 1. The van der Waals surface area contributed by atoms with Crippen LogP contribution in [-0.4, -0.2) is 23.2 Å². The lowest BCUT2D eigenvalue weighted by Gasteiger charge is -2.11. The average molecular weight is 211 g/mol. The van der Waals surface area contributed by atoms with Gasteiger partial charge in [0.25, 0.3) is 0 Å². The van der Waals surface area contributed by atoms with Crippen molar-refractivity contribution in [1.82, 2.24) is 0 Å². The van der Waals surface area contributed by atoms with E-state index < -0.39 is 0 Å². The Balaban J connectivity index is 2.43. The molecule has 0 aliphatic carbocycles. The van der Waals surface area contributed by atoms with E-state index in [0.717, 1.165) is 11.5 Å². The van der Waals surface area contributed by atoms with Crippen molar-refractivity contribution in [2.24, 2.45) is 5.73 Å². The first-order valence-electron chi connectivity index (χ1n) is 4.75. The van der Waals surface area contributed by atoms with Crippen molar-refractivity contribution in [3.8, 4) is 0 Å². The van der Waals surface area contributed by atoms with Crippen LogP contribution >= 0.6 is 11.8 Å². The van der Waals surface area contributed by atoms with Gasteiger partial charge in [0.15, 0.2) is 0 Å². The van der Waals surface area contributed by atoms with Crippen molar-refractivity contribution < 1.29 is 5.11 Å². The van der Waals surface area contributed by atoms with Crippen LogP contribution in [0.3, 0.4) is 0 Å². The Labute approximate surface area is 89.5 Å². The lowest BCUT2D eigenvalue weighted by Crippen LogP contribution is -2.13. The topological polar surface area (TPSA) is 46.2 Å². The molecule has 0 aliphatic heterocycles. The highest BCUT2D eigenvalue weighted by Gasteiger charge is 2.04. The third-order valence-electron chi connectivity index (χ3n) is 2.04. The maximum atomic E-state index is 8.62. The lowest BCUT2D eigenvalue weighted by molar-refractivity contribution is 0.322. The molecule has 0 radical (unpaired) electrons. The second-order valence-electron chi connectivity index (χ2n) is 3.32. The molecule has 1 aromatic rings. The van der Waals surface area contributed by atoms with Crippen LogP contribution in [0.15, 0.2) is 24.3 Å². The van der Waals surface area contributed by atoms with Crippen LogP contribution in [0.2, 0.25) is 0 Å². The number of rotatable bonds is 5. The van der Waals surface area contributed by atoms with Crippen LogP contribution < -0.4 is 5.73 Å². The van der Waals surface area contributed by atoms with Gasteiger partial charge in [-0.25, -0.2) is 0 Å². The Morgan fingerprint density at radius 2 is 2.00 bits per heavy atom. The molecule has 1 rings (SSSR count). The fourth-order valence-corrected chi connectivity index (χ4v) is 1.93. The molecule has 0 saturated heterocycles. The fraction of sp³-hybridized carbons (Fsp3) is 0.455. The second kappa shape index (κ2) is 6.06. The molecule has 3 heteroatoms. The summed E-state index contributed by atoms with van der Waals surface area (Å²) in [5, 5.41) is 8.62. The Bertz CT molecular complexity index is 260. The van der Waals surface area contributed by atoms with E-state index in [4.69, 9.17) is 10.8 Å². The second-order valence-corrected chi connectivity index (χ2v) is 4.47. The quantitative estimate of drug-likeness (QED) is 0.729. The molecule has 0 amide bonds. The van der Waals surface area contributed by atoms with Gasteiger partial charge in [-0.15, -0.1) is 0 Å². The molecule has 1 unspecified atom stereocenters. The van der Waals surface area contributed by atoms with E-state index in [1.807, 2.05) is 0 Å². The zero-order valence-corrected chi connectivity index (χ0v) is 9.26. The molecule has 0 spiro atoms. The number of nitrogens with two attached hydrogens (primary N) is 1. The van der Waals surface area contributed by atoms with Gasteiger partial charge in [-0.2, -0.15) is 11.8 Å². The van der Waals surface area contributed by atoms with Gasteiger partial charge >= 0.3 is 0 Å². The molecule has 3 N–H and O–H groups in total. The molecule has 0 fully saturated rings. The van der Waals surface area contributed by atoms with E-state index in [-0.39, 0.29) is 12.6 Å². The van der Waals surface area contributed by atoms with Crippen molar-refractivity contribution in [3.63, 3.8) is 0 Å². The zero-order chi connectivity index (χ0) is 10.4. The molecule has 2 nitrogen and oxygen atoms in total. The maximum Gasteiger partial charge on any atom is 0.0521 e. The normalized spacial score (nSPS) is 12.8. The van der Waals surface area contributed by atoms with E-state index in [1.54, 1.807) is 11.8 Å². The van der Waals surface area contributed by atoms with Gasteiger partial charge in [0.1, 0.15) is 0 Å². The Morgan fingerprint density at radius 3 is 2.57 bits per heavy atom. The van der Waals surface area contributed by atoms with Crippen molar-refractivity contribution in [3.05, 3.63) is 35.4 Å². The Kier molecular flexibility index (Phi) is 5.01. The van der Waals surface area contributed by atoms with Crippen LogP contribution in [0.4, 0.5) is 0 Å². The first kappa shape index (κ1) is 11.6. The number of thioether (sulfide) groups is 1. The smallest absolute Gasteiger partial charge is 0.0521 e. The molecule has 1 aromatic carbocycles. The van der Waals surface area contributed by atoms with Crippen LogP contribution in [0.1, 0.15) is 17.2 Å². The summed E-state index contributed by atoms with van der Waals surface area (Å²) >= 11 is 1.69. The first-order chi connectivity index (χ1) is 6.74. The van der Waals surface area contributed by atoms with Gasteiger partial charge < -0.3 is 10.8 Å². The molecule has 78 valence electrons. The summed E-state index contributed by atoms with van der Waals surface area (Å²) < 4.78 is 0. The number of aliphatic hydroxyl groups is 1. The van der Waals surface area contributed by atoms with Gasteiger partial charge in [0.2, 0.25) is 0 Å². The fourth-order valence-electron chi connectivity index (χ4n) is 1.18. The predicted molar refractivity (Wildman–Crippen MR) is 62.5 cm³/mol.